The summed E-state index contributed by atoms with van der Waals surface area (Å²) in [4.78, 5) is 14.0. The Hall–Kier alpha value is -1.39. The molecular formula is C14H21N3O. The van der Waals surface area contributed by atoms with Crippen molar-refractivity contribution in [2.75, 3.05) is 26.7 Å². The predicted molar refractivity (Wildman–Crippen MR) is 72.3 cm³/mol. The van der Waals surface area contributed by atoms with Gasteiger partial charge in [0.05, 0.1) is 12.6 Å². The van der Waals surface area contributed by atoms with Crippen LogP contribution in [-0.4, -0.2) is 43.5 Å². The first kappa shape index (κ1) is 13.1. The standard InChI is InChI=1S/C14H21N3O/c1-11(12-6-4-3-5-7-12)16-14(18)10-17(2)13-8-15-9-13/h3-7,11,13,15H,8-10H2,1-2H3,(H,16,18). The van der Waals surface area contributed by atoms with E-state index in [9.17, 15) is 4.79 Å². The largest absolute Gasteiger partial charge is 0.348 e. The number of hydrogen-bond acceptors (Lipinski definition) is 3. The molecule has 0 saturated carbocycles. The van der Waals surface area contributed by atoms with Crippen LogP contribution in [0.15, 0.2) is 30.3 Å². The van der Waals surface area contributed by atoms with Crippen LogP contribution in [-0.2, 0) is 4.79 Å². The van der Waals surface area contributed by atoms with E-state index < -0.39 is 0 Å². The van der Waals surface area contributed by atoms with Crippen molar-refractivity contribution in [3.8, 4) is 0 Å². The van der Waals surface area contributed by atoms with Crippen LogP contribution in [0.2, 0.25) is 0 Å². The van der Waals surface area contributed by atoms with E-state index in [1.165, 1.54) is 0 Å². The Kier molecular flexibility index (Phi) is 4.33. The van der Waals surface area contributed by atoms with Gasteiger partial charge in [-0.15, -0.1) is 0 Å². The van der Waals surface area contributed by atoms with Gasteiger partial charge in [0.15, 0.2) is 0 Å². The second kappa shape index (κ2) is 5.98. The number of benzene rings is 1. The highest BCUT2D eigenvalue weighted by atomic mass is 16.2. The van der Waals surface area contributed by atoms with Crippen LogP contribution in [0, 0.1) is 0 Å². The molecule has 2 N–H and O–H groups in total. The number of nitrogens with zero attached hydrogens (tertiary/aromatic N) is 1. The van der Waals surface area contributed by atoms with Crippen molar-refractivity contribution in [1.29, 1.82) is 0 Å². The molecule has 1 fully saturated rings. The summed E-state index contributed by atoms with van der Waals surface area (Å²) >= 11 is 0. The number of nitrogens with one attached hydrogen (secondary N) is 2. The van der Waals surface area contributed by atoms with Gasteiger partial charge in [-0.05, 0) is 19.5 Å². The van der Waals surface area contributed by atoms with Crippen LogP contribution in [0.25, 0.3) is 0 Å². The number of likely N-dealkylation sites (N-methyl/N-ethyl adjacent to an activating group) is 1. The summed E-state index contributed by atoms with van der Waals surface area (Å²) in [5.74, 6) is 0.0840. The van der Waals surface area contributed by atoms with E-state index in [1.54, 1.807) is 0 Å². The quantitative estimate of drug-likeness (QED) is 0.807. The molecule has 1 aromatic carbocycles. The van der Waals surface area contributed by atoms with Gasteiger partial charge < -0.3 is 10.6 Å². The zero-order valence-corrected chi connectivity index (χ0v) is 11.0. The molecule has 18 heavy (non-hydrogen) atoms. The first-order valence-electron chi connectivity index (χ1n) is 6.42. The molecule has 1 saturated heterocycles. The molecule has 98 valence electrons. The minimum absolute atomic E-state index is 0.0617. The molecule has 0 bridgehead atoms. The lowest BCUT2D eigenvalue weighted by Gasteiger charge is -2.35. The van der Waals surface area contributed by atoms with Crippen molar-refractivity contribution in [2.24, 2.45) is 0 Å². The van der Waals surface area contributed by atoms with Crippen LogP contribution < -0.4 is 10.6 Å². The van der Waals surface area contributed by atoms with Gasteiger partial charge in [0, 0.05) is 19.1 Å². The lowest BCUT2D eigenvalue weighted by molar-refractivity contribution is -0.123. The normalized spacial score (nSPS) is 17.3. The topological polar surface area (TPSA) is 44.4 Å². The minimum Gasteiger partial charge on any atom is -0.348 e. The summed E-state index contributed by atoms with van der Waals surface area (Å²) in [5.41, 5.74) is 1.14. The fourth-order valence-corrected chi connectivity index (χ4v) is 2.05. The molecule has 1 heterocycles. The lowest BCUT2D eigenvalue weighted by atomic mass is 10.1. The van der Waals surface area contributed by atoms with Crippen molar-refractivity contribution in [2.45, 2.75) is 19.0 Å². The maximum Gasteiger partial charge on any atom is 0.234 e. The Morgan fingerprint density at radius 2 is 2.11 bits per heavy atom. The Labute approximate surface area is 108 Å². The van der Waals surface area contributed by atoms with Crippen LogP contribution in [0.4, 0.5) is 0 Å². The van der Waals surface area contributed by atoms with Crippen LogP contribution in [0.1, 0.15) is 18.5 Å². The molecule has 1 unspecified atom stereocenters. The summed E-state index contributed by atoms with van der Waals surface area (Å²) in [5, 5.41) is 6.24. The summed E-state index contributed by atoms with van der Waals surface area (Å²) in [6.07, 6.45) is 0. The van der Waals surface area contributed by atoms with Crippen molar-refractivity contribution < 1.29 is 4.79 Å². The average Bonchev–Trinajstić information content (AvgIpc) is 2.27. The van der Waals surface area contributed by atoms with E-state index in [0.717, 1.165) is 18.7 Å². The van der Waals surface area contributed by atoms with E-state index in [1.807, 2.05) is 44.3 Å². The first-order chi connectivity index (χ1) is 8.66. The second-order valence-electron chi connectivity index (χ2n) is 4.93. The minimum atomic E-state index is 0.0617. The van der Waals surface area contributed by atoms with E-state index in [2.05, 4.69) is 15.5 Å². The van der Waals surface area contributed by atoms with E-state index in [0.29, 0.717) is 12.6 Å². The highest BCUT2D eigenvalue weighted by molar-refractivity contribution is 5.78. The van der Waals surface area contributed by atoms with Crippen molar-refractivity contribution in [3.05, 3.63) is 35.9 Å². The molecule has 1 aliphatic heterocycles. The Morgan fingerprint density at radius 3 is 2.67 bits per heavy atom. The van der Waals surface area contributed by atoms with E-state index in [4.69, 9.17) is 0 Å². The van der Waals surface area contributed by atoms with Gasteiger partial charge in [-0.1, -0.05) is 30.3 Å². The smallest absolute Gasteiger partial charge is 0.234 e. The highest BCUT2D eigenvalue weighted by Gasteiger charge is 2.23. The maximum absolute atomic E-state index is 11.9. The van der Waals surface area contributed by atoms with E-state index >= 15 is 0 Å². The van der Waals surface area contributed by atoms with Crippen LogP contribution >= 0.6 is 0 Å². The highest BCUT2D eigenvalue weighted by Crippen LogP contribution is 2.11. The third-order valence-electron chi connectivity index (χ3n) is 3.45. The second-order valence-corrected chi connectivity index (χ2v) is 4.93. The van der Waals surface area contributed by atoms with Crippen molar-refractivity contribution in [1.82, 2.24) is 15.5 Å². The molecule has 0 aliphatic carbocycles. The molecule has 0 aromatic heterocycles. The number of carbonyl (C=O) groups excluding carboxylic acids is 1. The molecule has 0 spiro atoms. The zero-order chi connectivity index (χ0) is 13.0. The fourth-order valence-electron chi connectivity index (χ4n) is 2.05. The Balaban J connectivity index is 1.80. The van der Waals surface area contributed by atoms with Gasteiger partial charge in [0.1, 0.15) is 0 Å². The summed E-state index contributed by atoms with van der Waals surface area (Å²) < 4.78 is 0. The van der Waals surface area contributed by atoms with Gasteiger partial charge in [-0.2, -0.15) is 0 Å². The average molecular weight is 247 g/mol. The maximum atomic E-state index is 11.9. The molecular weight excluding hydrogens is 226 g/mol. The van der Waals surface area contributed by atoms with Crippen molar-refractivity contribution in [3.63, 3.8) is 0 Å². The van der Waals surface area contributed by atoms with Gasteiger partial charge >= 0.3 is 0 Å². The summed E-state index contributed by atoms with van der Waals surface area (Å²) in [6.45, 7) is 4.44. The molecule has 2 rings (SSSR count). The third kappa shape index (κ3) is 3.31. The number of amides is 1. The Bertz CT molecular complexity index is 389. The van der Waals surface area contributed by atoms with Crippen molar-refractivity contribution >= 4 is 5.91 Å². The SMILES string of the molecule is CC(NC(=O)CN(C)C1CNC1)c1ccccc1. The van der Waals surface area contributed by atoms with Gasteiger partial charge in [-0.3, -0.25) is 9.69 Å². The van der Waals surface area contributed by atoms with E-state index in [-0.39, 0.29) is 11.9 Å². The molecule has 1 aromatic rings. The molecule has 4 heteroatoms. The molecule has 0 radical (unpaired) electrons. The summed E-state index contributed by atoms with van der Waals surface area (Å²) in [6, 6.07) is 10.6. The molecule has 1 aliphatic rings. The zero-order valence-electron chi connectivity index (χ0n) is 11.0. The van der Waals surface area contributed by atoms with Crippen LogP contribution in [0.5, 0.6) is 0 Å². The van der Waals surface area contributed by atoms with Gasteiger partial charge in [0.2, 0.25) is 5.91 Å². The first-order valence-corrected chi connectivity index (χ1v) is 6.42. The lowest BCUT2D eigenvalue weighted by Crippen LogP contribution is -2.57. The predicted octanol–water partition coefficient (Wildman–Crippen LogP) is 0.767. The molecule has 1 atom stereocenters. The number of carbonyl (C=O) groups is 1. The number of hydrogen-bond donors (Lipinski definition) is 2. The fraction of sp³-hybridized carbons (Fsp3) is 0.500. The van der Waals surface area contributed by atoms with Gasteiger partial charge in [0.25, 0.3) is 0 Å². The molecule has 4 nitrogen and oxygen atoms in total. The Morgan fingerprint density at radius 1 is 1.44 bits per heavy atom. The number of rotatable bonds is 5. The third-order valence-corrected chi connectivity index (χ3v) is 3.45. The van der Waals surface area contributed by atoms with Gasteiger partial charge in [-0.25, -0.2) is 0 Å². The monoisotopic (exact) mass is 247 g/mol. The molecule has 1 amide bonds. The van der Waals surface area contributed by atoms with Crippen LogP contribution in [0.3, 0.4) is 0 Å². The summed E-state index contributed by atoms with van der Waals surface area (Å²) in [7, 11) is 2.00.